The smallest absolute Gasteiger partial charge is 0.329 e. The number of Topliss-reactive ketones (excluding diaryl/α,β-unsaturated/α-hetero) is 4. The van der Waals surface area contributed by atoms with Crippen molar-refractivity contribution in [3.8, 4) is 0 Å². The highest BCUT2D eigenvalue weighted by Crippen LogP contribution is 2.44. The Morgan fingerprint density at radius 3 is 1.11 bits per heavy atom. The number of allylic oxidation sites excluding steroid dienone is 12. The average Bonchev–Trinajstić information content (AvgIpc) is 0.762. The molecule has 2 saturated carbocycles. The molecule has 32 heteroatoms. The van der Waals surface area contributed by atoms with Crippen molar-refractivity contribution in [1.82, 2.24) is 18.4 Å². The minimum absolute atomic E-state index is 0.000453. The highest BCUT2D eigenvalue weighted by Gasteiger charge is 2.57. The van der Waals surface area contributed by atoms with Gasteiger partial charge in [-0.05, 0) is 253 Å². The monoisotopic (exact) mass is 1950 g/mol. The van der Waals surface area contributed by atoms with Crippen molar-refractivity contribution in [2.24, 2.45) is 71.0 Å². The van der Waals surface area contributed by atoms with Crippen LogP contribution < -0.4 is 0 Å². The van der Waals surface area contributed by atoms with E-state index in [1.54, 1.807) is 41.9 Å². The number of carbonyl (C=O) groups is 8. The van der Waals surface area contributed by atoms with E-state index < -0.39 is 176 Å². The van der Waals surface area contributed by atoms with E-state index in [1.165, 1.54) is 32.6 Å². The third-order valence-corrected chi connectivity index (χ3v) is 34.8. The van der Waals surface area contributed by atoms with E-state index in [0.717, 1.165) is 24.0 Å². The summed E-state index contributed by atoms with van der Waals surface area (Å²) < 4.78 is 103. The van der Waals surface area contributed by atoms with Gasteiger partial charge in [-0.1, -0.05) is 153 Å². The number of methoxy groups -OCH3 is 4. The molecule has 10 aliphatic rings. The normalized spacial score (nSPS) is 41.2. The van der Waals surface area contributed by atoms with E-state index >= 15 is 0 Å². The molecule has 2 unspecified atom stereocenters. The number of ether oxygens (including phenoxy) is 8. The first-order valence-corrected chi connectivity index (χ1v) is 53.7. The number of esters is 2. The molecule has 0 radical (unpaired) electrons. The summed E-state index contributed by atoms with van der Waals surface area (Å²) in [5.74, 6) is -13.5. The second kappa shape index (κ2) is 51.7. The van der Waals surface area contributed by atoms with Gasteiger partial charge in [0.2, 0.25) is 31.6 Å². The lowest BCUT2D eigenvalue weighted by molar-refractivity contribution is -0.264. The number of piperidine rings is 2. The zero-order chi connectivity index (χ0) is 100. The second-order valence-electron chi connectivity index (χ2n) is 41.8. The van der Waals surface area contributed by atoms with E-state index in [-0.39, 0.29) is 121 Å². The molecule has 8 aliphatic heterocycles. The van der Waals surface area contributed by atoms with Crippen LogP contribution in [-0.2, 0) is 96.3 Å². The minimum Gasteiger partial charge on any atom is -0.461 e. The Labute approximate surface area is 809 Å². The standard InChI is InChI=1S/2C52H82N2O13S/c2*1-32-15-11-10-12-16-34(3)42(54-25-26-68(54,62)63)31-40-21-19-38(7)52(61,67-40)49(58)50(59)53-24-14-13-17-41(53)51(60)66-44(35(4)29-39-20-22-43(55)45(30-39)64-8)23-18-33(2)28-37(6)47(57)48(65-9)46(56)36(5)27-32/h2*10-12,15-16,28,32-33,35-36,38-45,47-48,55,57,61H,13-14,17-27,29-31H2,1-9H3/b2*12-10+,15-11+,34-16+,37-28+/t2*32-,33+,35-,36-,38-,39+,40+,41+,42?,43-,44+,45-,47-,48+,52-/m11/s1. The van der Waals surface area contributed by atoms with Crippen molar-refractivity contribution in [3.05, 3.63) is 95.2 Å². The molecule has 0 aromatic rings. The molecule has 30 nitrogen and oxygen atoms in total. The minimum atomic E-state index is -3.53. The van der Waals surface area contributed by atoms with Gasteiger partial charge >= 0.3 is 11.9 Å². The van der Waals surface area contributed by atoms with Crippen LogP contribution in [0.3, 0.4) is 0 Å². The van der Waals surface area contributed by atoms with Gasteiger partial charge in [-0.15, -0.1) is 0 Å². The first-order valence-electron chi connectivity index (χ1n) is 50.4. The third kappa shape index (κ3) is 29.5. The summed E-state index contributed by atoms with van der Waals surface area (Å²) in [5, 5.41) is 68.2. The molecule has 30 atom stereocenters. The van der Waals surface area contributed by atoms with Crippen LogP contribution in [-0.4, -0.2) is 288 Å². The summed E-state index contributed by atoms with van der Waals surface area (Å²) in [7, 11) is -1.03. The van der Waals surface area contributed by atoms with Crippen LogP contribution in [0.4, 0.5) is 0 Å². The Kier molecular flexibility index (Phi) is 43.1. The second-order valence-corrected chi connectivity index (χ2v) is 45.9. The Morgan fingerprint density at radius 1 is 0.412 bits per heavy atom. The molecule has 0 aromatic carbocycles. The largest absolute Gasteiger partial charge is 0.461 e. The summed E-state index contributed by atoms with van der Waals surface area (Å²) in [6.45, 7) is 27.1. The number of aliphatic hydroxyl groups excluding tert-OH is 4. The molecule has 10 rings (SSSR count). The number of carbonyl (C=O) groups excluding carboxylic acids is 8. The van der Waals surface area contributed by atoms with Gasteiger partial charge in [0.1, 0.15) is 48.7 Å². The van der Waals surface area contributed by atoms with Crippen molar-refractivity contribution in [2.45, 2.75) is 373 Å². The molecule has 8 heterocycles. The van der Waals surface area contributed by atoms with E-state index in [0.29, 0.717) is 153 Å². The van der Waals surface area contributed by atoms with Gasteiger partial charge in [0.25, 0.3) is 23.4 Å². The number of rotatable bonds is 12. The zero-order valence-electron chi connectivity index (χ0n) is 84.2. The van der Waals surface area contributed by atoms with Crippen molar-refractivity contribution in [2.75, 3.05) is 66.1 Å². The van der Waals surface area contributed by atoms with Gasteiger partial charge in [0.05, 0.1) is 48.1 Å². The molecule has 6 N–H and O–H groups in total. The third-order valence-electron chi connectivity index (χ3n) is 31.1. The molecule has 8 fully saturated rings. The van der Waals surface area contributed by atoms with Crippen LogP contribution in [0.15, 0.2) is 95.2 Å². The van der Waals surface area contributed by atoms with Crippen LogP contribution in [0.25, 0.3) is 0 Å². The highest BCUT2D eigenvalue weighted by molar-refractivity contribution is 7.90. The molecular formula is C104H164N4O26S2. The number of cyclic esters (lactones) is 2. The van der Waals surface area contributed by atoms with E-state index in [4.69, 9.17) is 37.9 Å². The quantitative estimate of drug-likeness (QED) is 0.0600. The molecular weight excluding hydrogens is 1790 g/mol. The van der Waals surface area contributed by atoms with Crippen LogP contribution in [0, 0.1) is 71.0 Å². The first kappa shape index (κ1) is 113. The summed E-state index contributed by atoms with van der Waals surface area (Å²) in [6.07, 6.45) is 26.8. The van der Waals surface area contributed by atoms with Crippen LogP contribution in [0.5, 0.6) is 0 Å². The van der Waals surface area contributed by atoms with E-state index in [9.17, 15) is 85.8 Å². The lowest BCUT2D eigenvalue weighted by Crippen LogP contribution is -2.61. The first-order chi connectivity index (χ1) is 64.2. The van der Waals surface area contributed by atoms with Crippen molar-refractivity contribution >= 4 is 66.9 Å². The van der Waals surface area contributed by atoms with Gasteiger partial charge in [0, 0.05) is 90.4 Å². The van der Waals surface area contributed by atoms with Crippen molar-refractivity contribution in [1.29, 1.82) is 0 Å². The van der Waals surface area contributed by atoms with E-state index in [1.807, 2.05) is 142 Å². The summed E-state index contributed by atoms with van der Waals surface area (Å²) in [4.78, 5) is 116. The summed E-state index contributed by atoms with van der Waals surface area (Å²) in [6, 6.07) is -3.42. The SMILES string of the molecule is CO[C@@H]1C[C@H](C[C@@H](C)[C@@H]2CC[C@H](C)/C=C(\C)[C@@H](O)[C@@H](OC)C(=O)[C@H](C)C[C@H](C)/C=C/C=C/C=C(\C)C(N3CCS3(=O)=O)C[C@@H]3CC[C@@H](C)[C@@](O)(O3)C(=O)C(=O)N3CCCC[C@H]3C(=O)O2)CC[C@H]1O.CO[C@@H]1C[C@H](C[C@@H](C)[C@@H]2CC[C@H](C)/C=C(\C)[C@@H](O)[C@@H](OC)C(=O)[C@H](C)C[C@H](C)/C=C/C=C/C=C(\C)C(N3CCS3(=O)=O)C[C@@H]3CC[C@@H](C)[C@@](O)(O3)C(=O)C(=O)N3CCCC[C@H]3C(=O)O2)CC[C@H]1O. The number of sulfonamides is 2. The average molecular weight is 1950 g/mol. The Bertz CT molecular complexity index is 4250. The van der Waals surface area contributed by atoms with E-state index in [2.05, 4.69) is 0 Å². The number of amides is 2. The molecule has 768 valence electrons. The lowest BCUT2D eigenvalue weighted by Gasteiger charge is -2.44. The summed E-state index contributed by atoms with van der Waals surface area (Å²) >= 11 is 0. The van der Waals surface area contributed by atoms with Gasteiger partial charge in [-0.2, -0.15) is 8.61 Å². The Balaban J connectivity index is 0.000000305. The van der Waals surface area contributed by atoms with Crippen molar-refractivity contribution in [3.63, 3.8) is 0 Å². The van der Waals surface area contributed by atoms with Gasteiger partial charge in [-0.3, -0.25) is 28.8 Å². The van der Waals surface area contributed by atoms with Crippen LogP contribution in [0.1, 0.15) is 264 Å². The fourth-order valence-corrected chi connectivity index (χ4v) is 24.8. The molecule has 2 aliphatic carbocycles. The number of fused-ring (bicyclic) bond motifs is 6. The topological polar surface area (TPSA) is 413 Å². The lowest BCUT2D eigenvalue weighted by atomic mass is 9.78. The highest BCUT2D eigenvalue weighted by atomic mass is 32.2. The maximum atomic E-state index is 14.4. The van der Waals surface area contributed by atoms with Crippen LogP contribution >= 0.6 is 0 Å². The summed E-state index contributed by atoms with van der Waals surface area (Å²) in [5.41, 5.74) is 2.62. The van der Waals surface area contributed by atoms with Crippen LogP contribution in [0.2, 0.25) is 0 Å². The van der Waals surface area contributed by atoms with Gasteiger partial charge in [-0.25, -0.2) is 26.4 Å². The number of ketones is 4. The fourth-order valence-electron chi connectivity index (χ4n) is 22.2. The Morgan fingerprint density at radius 2 is 0.779 bits per heavy atom. The molecule has 0 spiro atoms. The number of aliphatic hydroxyl groups is 6. The fraction of sp³-hybridized carbons (Fsp3) is 0.769. The number of hydrogen-bond acceptors (Lipinski definition) is 26. The maximum Gasteiger partial charge on any atom is 0.329 e. The molecule has 4 bridgehead atoms. The predicted octanol–water partition coefficient (Wildman–Crippen LogP) is 12.0. The number of hydrogen-bond donors (Lipinski definition) is 6. The molecule has 136 heavy (non-hydrogen) atoms. The van der Waals surface area contributed by atoms with Gasteiger partial charge < -0.3 is 78.3 Å². The van der Waals surface area contributed by atoms with Gasteiger partial charge in [0.15, 0.2) is 11.6 Å². The zero-order valence-corrected chi connectivity index (χ0v) is 85.8. The Hall–Kier alpha value is -6.18. The number of nitrogens with zero attached hydrogens (tertiary/aromatic N) is 4. The van der Waals surface area contributed by atoms with Crippen molar-refractivity contribution < 1.29 is 124 Å². The molecule has 0 aromatic heterocycles. The molecule has 6 saturated heterocycles. The maximum absolute atomic E-state index is 14.4. The molecule has 2 amide bonds. The predicted molar refractivity (Wildman–Crippen MR) is 516 cm³/mol.